The summed E-state index contributed by atoms with van der Waals surface area (Å²) in [4.78, 5) is 9.91. The lowest BCUT2D eigenvalue weighted by molar-refractivity contribution is 0.355. The summed E-state index contributed by atoms with van der Waals surface area (Å²) in [7, 11) is 3.28. The normalized spacial score (nSPS) is 10.9. The van der Waals surface area contributed by atoms with Gasteiger partial charge in [-0.25, -0.2) is 9.97 Å². The van der Waals surface area contributed by atoms with E-state index < -0.39 is 0 Å². The molecule has 0 saturated heterocycles. The molecule has 0 saturated carbocycles. The maximum Gasteiger partial charge on any atom is 0.161 e. The number of anilines is 2. The molecule has 5 nitrogen and oxygen atoms in total. The monoisotopic (exact) mass is 391 g/mol. The molecule has 4 rings (SSSR count). The third kappa shape index (κ3) is 3.39. The molecule has 2 aromatic heterocycles. The number of aromatic nitrogens is 2. The van der Waals surface area contributed by atoms with E-state index in [1.54, 1.807) is 31.9 Å². The fourth-order valence-electron chi connectivity index (χ4n) is 3.37. The van der Waals surface area contributed by atoms with E-state index >= 15 is 0 Å². The molecule has 2 heterocycles. The fraction of sp³-hybridized carbons (Fsp3) is 0.182. The van der Waals surface area contributed by atoms with Gasteiger partial charge in [-0.2, -0.15) is 0 Å². The summed E-state index contributed by atoms with van der Waals surface area (Å²) in [6, 6.07) is 12.3. The maximum absolute atomic E-state index is 5.47. The largest absolute Gasteiger partial charge is 0.493 e. The number of ether oxygens (including phenoxy) is 2. The van der Waals surface area contributed by atoms with Gasteiger partial charge >= 0.3 is 0 Å². The Balaban J connectivity index is 1.83. The van der Waals surface area contributed by atoms with Crippen LogP contribution in [0.1, 0.15) is 11.1 Å². The summed E-state index contributed by atoms with van der Waals surface area (Å²) in [5.74, 6) is 2.19. The molecule has 0 bridgehead atoms. The predicted octanol–water partition coefficient (Wildman–Crippen LogP) is 5.74. The van der Waals surface area contributed by atoms with Gasteiger partial charge in [0.15, 0.2) is 11.5 Å². The molecule has 2 aromatic carbocycles. The van der Waals surface area contributed by atoms with E-state index in [2.05, 4.69) is 52.7 Å². The molecule has 0 fully saturated rings. The van der Waals surface area contributed by atoms with E-state index in [4.69, 9.17) is 9.47 Å². The van der Waals surface area contributed by atoms with Gasteiger partial charge in [-0.3, -0.25) is 0 Å². The van der Waals surface area contributed by atoms with Crippen LogP contribution in [0.25, 0.3) is 21.3 Å². The molecule has 0 amide bonds. The number of nitrogens with zero attached hydrogens (tertiary/aromatic N) is 2. The van der Waals surface area contributed by atoms with Gasteiger partial charge in [0.25, 0.3) is 0 Å². The van der Waals surface area contributed by atoms with E-state index in [0.717, 1.165) is 32.8 Å². The van der Waals surface area contributed by atoms with Crippen LogP contribution in [0.5, 0.6) is 11.5 Å². The molecule has 0 aliphatic heterocycles. The van der Waals surface area contributed by atoms with Crippen LogP contribution < -0.4 is 14.8 Å². The van der Waals surface area contributed by atoms with E-state index in [0.29, 0.717) is 11.5 Å². The third-order valence-electron chi connectivity index (χ3n) is 4.55. The highest BCUT2D eigenvalue weighted by Gasteiger charge is 2.15. The van der Waals surface area contributed by atoms with Crippen LogP contribution in [0.2, 0.25) is 0 Å². The van der Waals surface area contributed by atoms with E-state index in [1.807, 2.05) is 18.2 Å². The topological polar surface area (TPSA) is 56.3 Å². The molecule has 28 heavy (non-hydrogen) atoms. The number of methoxy groups -OCH3 is 2. The van der Waals surface area contributed by atoms with Gasteiger partial charge < -0.3 is 14.8 Å². The van der Waals surface area contributed by atoms with Crippen molar-refractivity contribution in [2.45, 2.75) is 13.8 Å². The Morgan fingerprint density at radius 2 is 1.64 bits per heavy atom. The molecule has 0 atom stereocenters. The summed E-state index contributed by atoms with van der Waals surface area (Å²) in [6.07, 6.45) is 1.60. The van der Waals surface area contributed by atoms with Crippen molar-refractivity contribution in [3.63, 3.8) is 0 Å². The van der Waals surface area contributed by atoms with Crippen molar-refractivity contribution in [2.75, 3.05) is 19.5 Å². The van der Waals surface area contributed by atoms with Gasteiger partial charge in [0, 0.05) is 16.6 Å². The van der Waals surface area contributed by atoms with Crippen molar-refractivity contribution >= 4 is 33.1 Å². The van der Waals surface area contributed by atoms with Crippen molar-refractivity contribution in [3.8, 4) is 22.6 Å². The van der Waals surface area contributed by atoms with Crippen LogP contribution in [0.15, 0.2) is 48.1 Å². The molecule has 0 spiro atoms. The minimum atomic E-state index is 0.694. The Labute approximate surface area is 168 Å². The second-order valence-electron chi connectivity index (χ2n) is 6.62. The fourth-order valence-corrected chi connectivity index (χ4v) is 4.29. The average Bonchev–Trinajstić information content (AvgIpc) is 3.12. The van der Waals surface area contributed by atoms with Crippen LogP contribution in [-0.2, 0) is 0 Å². The first kappa shape index (κ1) is 18.3. The summed E-state index contributed by atoms with van der Waals surface area (Å²) in [5.41, 5.74) is 5.52. The van der Waals surface area contributed by atoms with Crippen molar-refractivity contribution in [2.24, 2.45) is 0 Å². The highest BCUT2D eigenvalue weighted by Crippen LogP contribution is 2.40. The summed E-state index contributed by atoms with van der Waals surface area (Å²) in [5, 5.41) is 6.58. The predicted molar refractivity (Wildman–Crippen MR) is 115 cm³/mol. The van der Waals surface area contributed by atoms with Crippen molar-refractivity contribution in [1.29, 1.82) is 0 Å². The van der Waals surface area contributed by atoms with E-state index in [-0.39, 0.29) is 0 Å². The number of hydrogen-bond donors (Lipinski definition) is 1. The first-order chi connectivity index (χ1) is 13.6. The van der Waals surface area contributed by atoms with Gasteiger partial charge in [0.2, 0.25) is 0 Å². The molecular formula is C22H21N3O2S. The smallest absolute Gasteiger partial charge is 0.161 e. The summed E-state index contributed by atoms with van der Waals surface area (Å²) >= 11 is 1.60. The quantitative estimate of drug-likeness (QED) is 0.470. The Hall–Kier alpha value is -3.12. The molecule has 4 aromatic rings. The maximum atomic E-state index is 5.47. The zero-order chi connectivity index (χ0) is 19.7. The zero-order valence-corrected chi connectivity index (χ0v) is 17.1. The van der Waals surface area contributed by atoms with Crippen molar-refractivity contribution in [3.05, 3.63) is 59.2 Å². The highest BCUT2D eigenvalue weighted by atomic mass is 32.1. The summed E-state index contributed by atoms with van der Waals surface area (Å²) in [6.45, 7) is 4.18. The van der Waals surface area contributed by atoms with Crippen molar-refractivity contribution < 1.29 is 9.47 Å². The second kappa shape index (κ2) is 7.48. The van der Waals surface area contributed by atoms with Gasteiger partial charge in [0.05, 0.1) is 19.6 Å². The molecule has 0 aliphatic rings. The molecule has 6 heteroatoms. The van der Waals surface area contributed by atoms with Crippen LogP contribution in [-0.4, -0.2) is 24.2 Å². The number of aryl methyl sites for hydroxylation is 2. The first-order valence-electron chi connectivity index (χ1n) is 8.89. The highest BCUT2D eigenvalue weighted by molar-refractivity contribution is 7.17. The first-order valence-corrected chi connectivity index (χ1v) is 9.77. The molecule has 1 N–H and O–H groups in total. The summed E-state index contributed by atoms with van der Waals surface area (Å²) < 4.78 is 10.8. The molecule has 0 unspecified atom stereocenters. The zero-order valence-electron chi connectivity index (χ0n) is 16.2. The lowest BCUT2D eigenvalue weighted by Crippen LogP contribution is -1.97. The Morgan fingerprint density at radius 3 is 2.36 bits per heavy atom. The Bertz CT molecular complexity index is 1130. The third-order valence-corrected chi connectivity index (χ3v) is 5.44. The van der Waals surface area contributed by atoms with Crippen LogP contribution in [0.3, 0.4) is 0 Å². The minimum Gasteiger partial charge on any atom is -0.493 e. The number of thiophene rings is 1. The number of benzene rings is 2. The Morgan fingerprint density at radius 1 is 0.893 bits per heavy atom. The lowest BCUT2D eigenvalue weighted by atomic mass is 10.1. The number of rotatable bonds is 5. The number of fused-ring (bicyclic) bond motifs is 1. The number of nitrogens with one attached hydrogen (secondary N) is 1. The van der Waals surface area contributed by atoms with Gasteiger partial charge in [-0.1, -0.05) is 12.1 Å². The standard InChI is InChI=1S/C22H21N3O2S/c1-13-7-14(2)9-16(8-13)25-21-20-17(11-28-22(20)24-12-23-21)15-5-6-18(26-3)19(10-15)27-4/h5-12H,1-4H3,(H,23,24,25). The molecule has 0 radical (unpaired) electrons. The Kier molecular flexibility index (Phi) is 4.88. The molecule has 0 aliphatic carbocycles. The van der Waals surface area contributed by atoms with E-state index in [9.17, 15) is 0 Å². The van der Waals surface area contributed by atoms with Crippen LogP contribution in [0.4, 0.5) is 11.5 Å². The number of hydrogen-bond acceptors (Lipinski definition) is 6. The van der Waals surface area contributed by atoms with Crippen LogP contribution >= 0.6 is 11.3 Å². The lowest BCUT2D eigenvalue weighted by Gasteiger charge is -2.12. The van der Waals surface area contributed by atoms with E-state index in [1.165, 1.54) is 11.1 Å². The molecule has 142 valence electrons. The van der Waals surface area contributed by atoms with Gasteiger partial charge in [-0.05, 0) is 54.8 Å². The van der Waals surface area contributed by atoms with Gasteiger partial charge in [-0.15, -0.1) is 11.3 Å². The second-order valence-corrected chi connectivity index (χ2v) is 7.48. The van der Waals surface area contributed by atoms with Crippen LogP contribution in [0, 0.1) is 13.8 Å². The SMILES string of the molecule is COc1ccc(-c2csc3ncnc(Nc4cc(C)cc(C)c4)c23)cc1OC. The van der Waals surface area contributed by atoms with Crippen molar-refractivity contribution in [1.82, 2.24) is 9.97 Å². The molecular weight excluding hydrogens is 370 g/mol. The van der Waals surface area contributed by atoms with Gasteiger partial charge in [0.1, 0.15) is 17.0 Å². The minimum absolute atomic E-state index is 0.694. The average molecular weight is 391 g/mol.